The van der Waals surface area contributed by atoms with Gasteiger partial charge in [-0.2, -0.15) is 0 Å². The molecule has 2 aromatic rings. The van der Waals surface area contributed by atoms with Gasteiger partial charge in [-0.3, -0.25) is 0 Å². The molecule has 136 valence electrons. The van der Waals surface area contributed by atoms with Crippen LogP contribution in [-0.4, -0.2) is 36.2 Å². The molecule has 1 N–H and O–H groups in total. The molecule has 1 heterocycles. The van der Waals surface area contributed by atoms with Crippen LogP contribution in [0, 0.1) is 0 Å². The molecular weight excluding hydrogens is 332 g/mol. The maximum Gasteiger partial charge on any atom is 0.410 e. The predicted octanol–water partition coefficient (Wildman–Crippen LogP) is 4.76. The fourth-order valence-electron chi connectivity index (χ4n) is 2.29. The topological polar surface area (TPSA) is 41.6 Å². The second kappa shape index (κ2) is 8.50. The quantitative estimate of drug-likeness (QED) is 0.807. The van der Waals surface area contributed by atoms with Crippen LogP contribution >= 0.6 is 11.3 Å². The molecule has 1 unspecified atom stereocenters. The van der Waals surface area contributed by atoms with Crippen molar-refractivity contribution in [1.29, 1.82) is 0 Å². The Balaban J connectivity index is 1.80. The molecule has 0 aliphatic heterocycles. The third kappa shape index (κ3) is 6.18. The van der Waals surface area contributed by atoms with E-state index in [9.17, 15) is 4.79 Å². The highest BCUT2D eigenvalue weighted by Gasteiger charge is 2.22. The van der Waals surface area contributed by atoms with Gasteiger partial charge in [0.1, 0.15) is 5.60 Å². The van der Waals surface area contributed by atoms with Crippen LogP contribution in [-0.2, 0) is 11.3 Å². The zero-order valence-corrected chi connectivity index (χ0v) is 16.5. The van der Waals surface area contributed by atoms with E-state index in [0.29, 0.717) is 6.54 Å². The summed E-state index contributed by atoms with van der Waals surface area (Å²) in [6.07, 6.45) is -0.288. The summed E-state index contributed by atoms with van der Waals surface area (Å²) in [5.74, 6) is 0. The van der Waals surface area contributed by atoms with Gasteiger partial charge in [0.2, 0.25) is 0 Å². The first-order chi connectivity index (χ1) is 11.8. The van der Waals surface area contributed by atoms with E-state index < -0.39 is 5.60 Å². The average Bonchev–Trinajstić information content (AvgIpc) is 3.02. The molecule has 0 aliphatic carbocycles. The molecule has 0 fully saturated rings. The van der Waals surface area contributed by atoms with Gasteiger partial charge in [0.25, 0.3) is 0 Å². The second-order valence-electron chi connectivity index (χ2n) is 7.20. The zero-order chi connectivity index (χ0) is 18.4. The Morgan fingerprint density at radius 2 is 1.88 bits per heavy atom. The van der Waals surface area contributed by atoms with Gasteiger partial charge in [-0.25, -0.2) is 4.79 Å². The summed E-state index contributed by atoms with van der Waals surface area (Å²) in [5, 5.41) is 3.43. The van der Waals surface area contributed by atoms with Crippen molar-refractivity contribution in [1.82, 2.24) is 10.2 Å². The number of hydrogen-bond acceptors (Lipinski definition) is 4. The van der Waals surface area contributed by atoms with Gasteiger partial charge in [-0.1, -0.05) is 30.3 Å². The van der Waals surface area contributed by atoms with Crippen molar-refractivity contribution < 1.29 is 9.53 Å². The smallest absolute Gasteiger partial charge is 0.410 e. The van der Waals surface area contributed by atoms with E-state index in [0.717, 1.165) is 6.54 Å². The molecule has 5 heteroatoms. The third-order valence-corrected chi connectivity index (χ3v) is 4.94. The number of thiophene rings is 1. The molecule has 2 rings (SSSR count). The molecule has 0 bridgehead atoms. The molecule has 0 aliphatic rings. The monoisotopic (exact) mass is 360 g/mol. The summed E-state index contributed by atoms with van der Waals surface area (Å²) in [7, 11) is 1.78. The molecule has 1 aromatic heterocycles. The largest absolute Gasteiger partial charge is 0.444 e. The van der Waals surface area contributed by atoms with Crippen molar-refractivity contribution in [2.75, 3.05) is 13.6 Å². The molecule has 25 heavy (non-hydrogen) atoms. The summed E-state index contributed by atoms with van der Waals surface area (Å²) in [5.41, 5.74) is 0.778. The minimum absolute atomic E-state index is 0.0587. The van der Waals surface area contributed by atoms with E-state index in [4.69, 9.17) is 4.74 Å². The molecule has 1 atom stereocenters. The number of likely N-dealkylation sites (N-methyl/N-ethyl adjacent to an activating group) is 1. The average molecular weight is 361 g/mol. The normalized spacial score (nSPS) is 12.7. The minimum Gasteiger partial charge on any atom is -0.444 e. The second-order valence-corrected chi connectivity index (χ2v) is 8.37. The number of carbonyl (C=O) groups is 1. The lowest BCUT2D eigenvalue weighted by atomic mass is 10.2. The predicted molar refractivity (Wildman–Crippen MR) is 105 cm³/mol. The van der Waals surface area contributed by atoms with Crippen LogP contribution in [0.3, 0.4) is 0 Å². The Labute approximate surface area is 154 Å². The number of carbonyl (C=O) groups excluding carboxylic acids is 1. The number of amides is 1. The molecular formula is C20H28N2O2S. The van der Waals surface area contributed by atoms with Crippen molar-refractivity contribution in [3.63, 3.8) is 0 Å². The summed E-state index contributed by atoms with van der Waals surface area (Å²) in [4.78, 5) is 16.3. The van der Waals surface area contributed by atoms with Crippen LogP contribution in [0.4, 0.5) is 4.79 Å². The fraction of sp³-hybridized carbons (Fsp3) is 0.450. The maximum absolute atomic E-state index is 12.1. The molecule has 4 nitrogen and oxygen atoms in total. The highest BCUT2D eigenvalue weighted by molar-refractivity contribution is 7.15. The van der Waals surface area contributed by atoms with Gasteiger partial charge in [-0.15, -0.1) is 11.3 Å². The lowest BCUT2D eigenvalue weighted by Gasteiger charge is -2.28. The molecule has 1 aromatic carbocycles. The fourth-order valence-corrected chi connectivity index (χ4v) is 3.27. The number of benzene rings is 1. The van der Waals surface area contributed by atoms with Crippen LogP contribution in [0.5, 0.6) is 0 Å². The minimum atomic E-state index is -0.469. The van der Waals surface area contributed by atoms with Gasteiger partial charge in [0.15, 0.2) is 0 Å². The van der Waals surface area contributed by atoms with Gasteiger partial charge < -0.3 is 15.0 Å². The lowest BCUT2D eigenvalue weighted by Crippen LogP contribution is -2.43. The standard InChI is InChI=1S/C20H28N2O2S/c1-15(22(5)19(23)24-20(2,3)4)13-21-14-17-11-12-18(25-17)16-9-7-6-8-10-16/h6-12,15,21H,13-14H2,1-5H3. The van der Waals surface area contributed by atoms with E-state index in [2.05, 4.69) is 41.7 Å². The van der Waals surface area contributed by atoms with E-state index in [1.807, 2.05) is 33.8 Å². The molecule has 0 radical (unpaired) electrons. The Morgan fingerprint density at radius 3 is 2.52 bits per heavy atom. The Bertz CT molecular complexity index is 677. The first-order valence-corrected chi connectivity index (χ1v) is 9.38. The summed E-state index contributed by atoms with van der Waals surface area (Å²) in [6.45, 7) is 9.16. The Hall–Kier alpha value is -1.85. The van der Waals surface area contributed by atoms with Crippen molar-refractivity contribution in [2.24, 2.45) is 0 Å². The number of rotatable bonds is 6. The van der Waals surface area contributed by atoms with Crippen molar-refractivity contribution >= 4 is 17.4 Å². The SMILES string of the molecule is CC(CNCc1ccc(-c2ccccc2)s1)N(C)C(=O)OC(C)(C)C. The van der Waals surface area contributed by atoms with E-state index in [-0.39, 0.29) is 12.1 Å². The number of ether oxygens (including phenoxy) is 1. The first kappa shape index (κ1) is 19.5. The summed E-state index contributed by atoms with van der Waals surface area (Å²) in [6, 6.07) is 14.8. The van der Waals surface area contributed by atoms with Crippen LogP contribution in [0.25, 0.3) is 10.4 Å². The van der Waals surface area contributed by atoms with Crippen LogP contribution in [0.15, 0.2) is 42.5 Å². The first-order valence-electron chi connectivity index (χ1n) is 8.57. The molecule has 0 spiro atoms. The van der Waals surface area contributed by atoms with Gasteiger partial charge in [0.05, 0.1) is 0 Å². The highest BCUT2D eigenvalue weighted by Crippen LogP contribution is 2.27. The van der Waals surface area contributed by atoms with Crippen LogP contribution in [0.2, 0.25) is 0 Å². The maximum atomic E-state index is 12.1. The Morgan fingerprint density at radius 1 is 1.20 bits per heavy atom. The van der Waals surface area contributed by atoms with E-state index >= 15 is 0 Å². The third-order valence-electron chi connectivity index (χ3n) is 3.80. The van der Waals surface area contributed by atoms with E-state index in [1.165, 1.54) is 15.3 Å². The van der Waals surface area contributed by atoms with Crippen molar-refractivity contribution in [3.05, 3.63) is 47.3 Å². The summed E-state index contributed by atoms with van der Waals surface area (Å²) < 4.78 is 5.40. The molecule has 0 saturated carbocycles. The highest BCUT2D eigenvalue weighted by atomic mass is 32.1. The van der Waals surface area contributed by atoms with Crippen molar-refractivity contribution in [3.8, 4) is 10.4 Å². The Kier molecular flexibility index (Phi) is 6.62. The van der Waals surface area contributed by atoms with Gasteiger partial charge >= 0.3 is 6.09 Å². The number of hydrogen-bond donors (Lipinski definition) is 1. The number of nitrogens with one attached hydrogen (secondary N) is 1. The van der Waals surface area contributed by atoms with Crippen molar-refractivity contribution in [2.45, 2.75) is 45.9 Å². The van der Waals surface area contributed by atoms with Gasteiger partial charge in [0, 0.05) is 35.9 Å². The molecule has 1 amide bonds. The number of nitrogens with zero attached hydrogens (tertiary/aromatic N) is 1. The van der Waals surface area contributed by atoms with Crippen LogP contribution in [0.1, 0.15) is 32.6 Å². The summed E-state index contributed by atoms with van der Waals surface area (Å²) >= 11 is 1.79. The van der Waals surface area contributed by atoms with E-state index in [1.54, 1.807) is 23.3 Å². The van der Waals surface area contributed by atoms with Crippen LogP contribution < -0.4 is 5.32 Å². The zero-order valence-electron chi connectivity index (χ0n) is 15.7. The van der Waals surface area contributed by atoms with Gasteiger partial charge in [-0.05, 0) is 45.4 Å². The lowest BCUT2D eigenvalue weighted by molar-refractivity contribution is 0.0236. The molecule has 0 saturated heterocycles.